The Kier molecular flexibility index (Phi) is 8.15. The maximum atomic E-state index is 6.10. The molecule has 0 radical (unpaired) electrons. The van der Waals surface area contributed by atoms with Gasteiger partial charge in [-0.25, -0.2) is 15.0 Å². The van der Waals surface area contributed by atoms with Crippen molar-refractivity contribution < 1.29 is 14.2 Å². The average molecular weight is 515 g/mol. The van der Waals surface area contributed by atoms with Gasteiger partial charge in [0, 0.05) is 30.1 Å². The fourth-order valence-electron chi connectivity index (χ4n) is 4.48. The first-order valence-electron chi connectivity index (χ1n) is 13.1. The van der Waals surface area contributed by atoms with E-state index in [1.165, 1.54) is 0 Å². The molecule has 1 aliphatic rings. The van der Waals surface area contributed by atoms with Crippen molar-refractivity contribution in [3.8, 4) is 22.9 Å². The Hall–Kier alpha value is -3.95. The van der Waals surface area contributed by atoms with E-state index in [9.17, 15) is 0 Å². The van der Waals surface area contributed by atoms with Gasteiger partial charge in [-0.15, -0.1) is 0 Å². The zero-order valence-electron chi connectivity index (χ0n) is 21.9. The highest BCUT2D eigenvalue weighted by molar-refractivity contribution is 5.93. The number of nitrogens with one attached hydrogen (secondary N) is 1. The lowest BCUT2D eigenvalue weighted by Gasteiger charge is -2.33. The molecule has 4 aromatic rings. The summed E-state index contributed by atoms with van der Waals surface area (Å²) in [5.41, 5.74) is 8.22. The molecule has 3 heterocycles. The summed E-state index contributed by atoms with van der Waals surface area (Å²) >= 11 is 0. The van der Waals surface area contributed by atoms with Crippen LogP contribution < -0.4 is 20.5 Å². The largest absolute Gasteiger partial charge is 0.494 e. The summed E-state index contributed by atoms with van der Waals surface area (Å²) in [5, 5.41) is 4.22. The van der Waals surface area contributed by atoms with Crippen LogP contribution in [0.5, 0.6) is 11.5 Å². The van der Waals surface area contributed by atoms with E-state index in [0.29, 0.717) is 36.7 Å². The Labute approximate surface area is 223 Å². The van der Waals surface area contributed by atoms with Crippen molar-refractivity contribution in [2.24, 2.45) is 0 Å². The van der Waals surface area contributed by atoms with Gasteiger partial charge >= 0.3 is 0 Å². The molecule has 1 aliphatic heterocycles. The number of nitrogens with zero attached hydrogens (tertiary/aromatic N) is 4. The number of nitrogens with two attached hydrogens (primary N) is 1. The van der Waals surface area contributed by atoms with Crippen LogP contribution in [0, 0.1) is 0 Å². The number of rotatable bonds is 10. The summed E-state index contributed by atoms with van der Waals surface area (Å²) in [4.78, 5) is 16.4. The summed E-state index contributed by atoms with van der Waals surface area (Å²) in [6.45, 7) is 8.96. The van der Waals surface area contributed by atoms with Crippen molar-refractivity contribution >= 4 is 28.2 Å². The average Bonchev–Trinajstić information content (AvgIpc) is 2.94. The second-order valence-corrected chi connectivity index (χ2v) is 9.29. The lowest BCUT2D eigenvalue weighted by molar-refractivity contribution is -0.00200. The van der Waals surface area contributed by atoms with Gasteiger partial charge in [-0.1, -0.05) is 12.1 Å². The lowest BCUT2D eigenvalue weighted by atomic mass is 10.1. The third-order valence-corrected chi connectivity index (χ3v) is 6.48. The minimum absolute atomic E-state index is 0.452. The van der Waals surface area contributed by atoms with Gasteiger partial charge in [0.2, 0.25) is 0 Å². The number of hydrogen-bond donors (Lipinski definition) is 2. The van der Waals surface area contributed by atoms with Crippen molar-refractivity contribution in [2.45, 2.75) is 26.3 Å². The number of benzene rings is 2. The minimum atomic E-state index is 0.452. The molecule has 0 spiro atoms. The lowest BCUT2D eigenvalue weighted by Crippen LogP contribution is -2.44. The smallest absolute Gasteiger partial charge is 0.162 e. The highest BCUT2D eigenvalue weighted by Gasteiger charge is 2.18. The van der Waals surface area contributed by atoms with Gasteiger partial charge in [-0.2, -0.15) is 0 Å². The molecule has 2 aromatic heterocycles. The Balaban J connectivity index is 1.36. The van der Waals surface area contributed by atoms with Crippen molar-refractivity contribution in [1.29, 1.82) is 0 Å². The van der Waals surface area contributed by atoms with Crippen LogP contribution in [0.3, 0.4) is 0 Å². The van der Waals surface area contributed by atoms with Gasteiger partial charge in [0.05, 0.1) is 43.8 Å². The molecule has 1 saturated heterocycles. The number of pyridine rings is 1. The zero-order chi connectivity index (χ0) is 26.3. The fraction of sp³-hybridized carbons (Fsp3) is 0.345. The van der Waals surface area contributed by atoms with Crippen LogP contribution in [0.15, 0.2) is 60.8 Å². The molecule has 0 aliphatic carbocycles. The van der Waals surface area contributed by atoms with Gasteiger partial charge in [0.25, 0.3) is 0 Å². The van der Waals surface area contributed by atoms with Gasteiger partial charge < -0.3 is 25.3 Å². The molecule has 1 fully saturated rings. The Morgan fingerprint density at radius 2 is 1.97 bits per heavy atom. The van der Waals surface area contributed by atoms with Gasteiger partial charge in [-0.05, 0) is 62.7 Å². The van der Waals surface area contributed by atoms with Crippen molar-refractivity contribution in [1.82, 2.24) is 19.9 Å². The monoisotopic (exact) mass is 514 g/mol. The van der Waals surface area contributed by atoms with Crippen LogP contribution in [0.4, 0.5) is 17.3 Å². The van der Waals surface area contributed by atoms with E-state index in [2.05, 4.69) is 22.1 Å². The molecule has 0 amide bonds. The standard InChI is InChI=1S/C29H34N6O3/c1-3-37-24-9-10-26-25(17-24)29(32-22-8-11-27(30)31-18-22)34-28(33-26)21-6-4-7-23(16-21)38-14-5-12-35-13-15-36-19-20(35)2/h4,6-11,16-18,20H,3,5,12-15,19H2,1-2H3,(H2,30,31)(H,32,33,34). The van der Waals surface area contributed by atoms with Crippen molar-refractivity contribution in [2.75, 3.05) is 50.6 Å². The molecule has 3 N–H and O–H groups in total. The molecule has 1 unspecified atom stereocenters. The third kappa shape index (κ3) is 6.30. The number of anilines is 3. The molecule has 0 saturated carbocycles. The maximum Gasteiger partial charge on any atom is 0.162 e. The van der Waals surface area contributed by atoms with E-state index in [-0.39, 0.29) is 0 Å². The Morgan fingerprint density at radius 3 is 2.79 bits per heavy atom. The normalized spacial score (nSPS) is 15.9. The second kappa shape index (κ2) is 12.1. The summed E-state index contributed by atoms with van der Waals surface area (Å²) < 4.78 is 17.3. The number of hydrogen-bond acceptors (Lipinski definition) is 9. The van der Waals surface area contributed by atoms with Gasteiger partial charge in [-0.3, -0.25) is 4.90 Å². The molecule has 0 bridgehead atoms. The minimum Gasteiger partial charge on any atom is -0.494 e. The predicted molar refractivity (Wildman–Crippen MR) is 150 cm³/mol. The molecule has 198 valence electrons. The molecule has 1 atom stereocenters. The number of aromatic nitrogens is 3. The molecule has 5 rings (SSSR count). The summed E-state index contributed by atoms with van der Waals surface area (Å²) in [6.07, 6.45) is 2.63. The molecule has 38 heavy (non-hydrogen) atoms. The first-order chi connectivity index (χ1) is 18.6. The fourth-order valence-corrected chi connectivity index (χ4v) is 4.48. The molecular weight excluding hydrogens is 480 g/mol. The van der Waals surface area contributed by atoms with E-state index in [4.69, 9.17) is 29.9 Å². The third-order valence-electron chi connectivity index (χ3n) is 6.48. The molecular formula is C29H34N6O3. The van der Waals surface area contributed by atoms with Crippen LogP contribution in [-0.2, 0) is 4.74 Å². The number of ether oxygens (including phenoxy) is 3. The molecule has 2 aromatic carbocycles. The van der Waals surface area contributed by atoms with Gasteiger partial charge in [0.15, 0.2) is 5.82 Å². The first-order valence-corrected chi connectivity index (χ1v) is 13.1. The second-order valence-electron chi connectivity index (χ2n) is 9.29. The molecule has 9 heteroatoms. The van der Waals surface area contributed by atoms with Crippen molar-refractivity contribution in [3.05, 3.63) is 60.8 Å². The highest BCUT2D eigenvalue weighted by Crippen LogP contribution is 2.31. The van der Waals surface area contributed by atoms with Crippen LogP contribution in [0.1, 0.15) is 20.3 Å². The van der Waals surface area contributed by atoms with E-state index >= 15 is 0 Å². The summed E-state index contributed by atoms with van der Waals surface area (Å²) in [6, 6.07) is 17.8. The van der Waals surface area contributed by atoms with E-state index < -0.39 is 0 Å². The SMILES string of the molecule is CCOc1ccc2nc(-c3cccc(OCCCN4CCOCC4C)c3)nc(Nc3ccc(N)nc3)c2c1. The maximum absolute atomic E-state index is 6.10. The topological polar surface area (TPSA) is 108 Å². The quantitative estimate of drug-likeness (QED) is 0.286. The Bertz CT molecular complexity index is 1360. The van der Waals surface area contributed by atoms with Gasteiger partial charge in [0.1, 0.15) is 23.1 Å². The van der Waals surface area contributed by atoms with E-state index in [1.54, 1.807) is 12.3 Å². The predicted octanol–water partition coefficient (Wildman–Crippen LogP) is 4.91. The number of fused-ring (bicyclic) bond motifs is 1. The first kappa shape index (κ1) is 25.7. The van der Waals surface area contributed by atoms with Crippen molar-refractivity contribution in [3.63, 3.8) is 0 Å². The van der Waals surface area contributed by atoms with Crippen LogP contribution >= 0.6 is 0 Å². The summed E-state index contributed by atoms with van der Waals surface area (Å²) in [5.74, 6) is 3.27. The van der Waals surface area contributed by atoms with Crippen LogP contribution in [0.25, 0.3) is 22.3 Å². The molecule has 9 nitrogen and oxygen atoms in total. The number of nitrogen functional groups attached to an aromatic ring is 1. The zero-order valence-corrected chi connectivity index (χ0v) is 21.9. The van der Waals surface area contributed by atoms with E-state index in [0.717, 1.165) is 66.4 Å². The van der Waals surface area contributed by atoms with E-state index in [1.807, 2.05) is 55.5 Å². The summed E-state index contributed by atoms with van der Waals surface area (Å²) in [7, 11) is 0. The van der Waals surface area contributed by atoms with Crippen LogP contribution in [-0.4, -0.2) is 65.4 Å². The number of morpholine rings is 1. The Morgan fingerprint density at radius 1 is 1.08 bits per heavy atom. The highest BCUT2D eigenvalue weighted by atomic mass is 16.5. The van der Waals surface area contributed by atoms with Crippen LogP contribution in [0.2, 0.25) is 0 Å².